The molecule has 1 aromatic carbocycles. The molecule has 27 heavy (non-hydrogen) atoms. The first-order valence-corrected chi connectivity index (χ1v) is 8.25. The zero-order valence-corrected chi connectivity index (χ0v) is 17.4. The van der Waals surface area contributed by atoms with Gasteiger partial charge in [-0.3, -0.25) is 0 Å². The van der Waals surface area contributed by atoms with Gasteiger partial charge in [-0.15, -0.1) is 24.0 Å². The second kappa shape index (κ2) is 12.3. The number of hydrogen-bond donors (Lipinski definition) is 2. The zero-order chi connectivity index (χ0) is 18.8. The molecule has 0 spiro atoms. The Hall–Kier alpha value is -2.11. The van der Waals surface area contributed by atoms with Crippen molar-refractivity contribution >= 4 is 29.9 Å². The summed E-state index contributed by atoms with van der Waals surface area (Å²) in [6, 6.07) is 6.70. The third kappa shape index (κ3) is 7.57. The van der Waals surface area contributed by atoms with E-state index in [0.29, 0.717) is 31.2 Å². The molecule has 0 radical (unpaired) electrons. The van der Waals surface area contributed by atoms with Gasteiger partial charge in [-0.25, -0.2) is 4.99 Å². The van der Waals surface area contributed by atoms with E-state index < -0.39 is 6.61 Å². The molecule has 2 N–H and O–H groups in total. The van der Waals surface area contributed by atoms with Crippen LogP contribution in [0.25, 0.3) is 0 Å². The highest BCUT2D eigenvalue weighted by Crippen LogP contribution is 2.33. The summed E-state index contributed by atoms with van der Waals surface area (Å²) in [7, 11) is 0. The van der Waals surface area contributed by atoms with Crippen molar-refractivity contribution < 1.29 is 22.8 Å². The van der Waals surface area contributed by atoms with E-state index in [9.17, 15) is 8.78 Å². The number of nitrogens with one attached hydrogen (secondary N) is 2. The Bertz CT molecular complexity index is 699. The molecule has 0 amide bonds. The van der Waals surface area contributed by atoms with Gasteiger partial charge in [-0.2, -0.15) is 8.78 Å². The van der Waals surface area contributed by atoms with Crippen molar-refractivity contribution in [3.63, 3.8) is 0 Å². The van der Waals surface area contributed by atoms with Crippen LogP contribution >= 0.6 is 24.0 Å². The van der Waals surface area contributed by atoms with E-state index in [4.69, 9.17) is 9.26 Å². The summed E-state index contributed by atoms with van der Waals surface area (Å²) in [5.41, 5.74) is 1.21. The number of rotatable bonds is 9. The third-order valence-electron chi connectivity index (χ3n) is 3.25. The normalized spacial score (nSPS) is 11.1. The Morgan fingerprint density at radius 2 is 2.07 bits per heavy atom. The maximum absolute atomic E-state index is 12.8. The number of aliphatic imine (C=N–C) groups is 1. The Labute approximate surface area is 173 Å². The predicted octanol–water partition coefficient (Wildman–Crippen LogP) is 3.55. The number of guanidine groups is 1. The van der Waals surface area contributed by atoms with Gasteiger partial charge in [-0.1, -0.05) is 17.3 Å². The Morgan fingerprint density at radius 1 is 1.26 bits per heavy atom. The van der Waals surface area contributed by atoms with Gasteiger partial charge >= 0.3 is 6.61 Å². The molecular weight excluding hydrogens is 473 g/mol. The SMILES string of the molecule is CCNC(=NCc1cccc(OCC)c1OC(F)F)NCc1ccon1.I. The fraction of sp³-hybridized carbons (Fsp3) is 0.412. The number of hydrogen-bond acceptors (Lipinski definition) is 5. The molecule has 0 aliphatic carbocycles. The van der Waals surface area contributed by atoms with E-state index in [0.717, 1.165) is 5.69 Å². The summed E-state index contributed by atoms with van der Waals surface area (Å²) in [5.74, 6) is 0.779. The Kier molecular flexibility index (Phi) is 10.5. The highest BCUT2D eigenvalue weighted by Gasteiger charge is 2.15. The lowest BCUT2D eigenvalue weighted by molar-refractivity contribution is -0.0520. The molecule has 2 rings (SSSR count). The van der Waals surface area contributed by atoms with E-state index >= 15 is 0 Å². The van der Waals surface area contributed by atoms with Crippen LogP contribution in [-0.2, 0) is 13.1 Å². The average Bonchev–Trinajstić information content (AvgIpc) is 3.13. The molecule has 2 aromatic rings. The number of ether oxygens (including phenoxy) is 2. The van der Waals surface area contributed by atoms with Gasteiger partial charge in [-0.05, 0) is 19.9 Å². The Morgan fingerprint density at radius 3 is 2.70 bits per heavy atom. The summed E-state index contributed by atoms with van der Waals surface area (Å²) in [6.45, 7) is 2.29. The summed E-state index contributed by atoms with van der Waals surface area (Å²) in [6.07, 6.45) is 1.48. The van der Waals surface area contributed by atoms with Gasteiger partial charge in [0, 0.05) is 18.2 Å². The quantitative estimate of drug-likeness (QED) is 0.314. The first kappa shape index (κ1) is 22.9. The molecule has 0 fully saturated rings. The number of aromatic nitrogens is 1. The first-order chi connectivity index (χ1) is 12.6. The van der Waals surface area contributed by atoms with Crippen LogP contribution in [0.4, 0.5) is 8.78 Å². The van der Waals surface area contributed by atoms with Crippen LogP contribution < -0.4 is 20.1 Å². The summed E-state index contributed by atoms with van der Waals surface area (Å²) in [4.78, 5) is 4.41. The molecule has 0 aliphatic rings. The van der Waals surface area contributed by atoms with E-state index in [2.05, 4.69) is 25.5 Å². The van der Waals surface area contributed by atoms with Crippen molar-refractivity contribution in [1.82, 2.24) is 15.8 Å². The van der Waals surface area contributed by atoms with Crippen LogP contribution in [0, 0.1) is 0 Å². The van der Waals surface area contributed by atoms with Crippen LogP contribution in [0.5, 0.6) is 11.5 Å². The molecule has 7 nitrogen and oxygen atoms in total. The zero-order valence-electron chi connectivity index (χ0n) is 15.1. The summed E-state index contributed by atoms with van der Waals surface area (Å²) in [5, 5.41) is 9.97. The summed E-state index contributed by atoms with van der Waals surface area (Å²) >= 11 is 0. The molecular formula is C17H23F2IN4O3. The van der Waals surface area contributed by atoms with Gasteiger partial charge in [0.1, 0.15) is 12.0 Å². The van der Waals surface area contributed by atoms with E-state index in [1.807, 2.05) is 6.92 Å². The number of benzene rings is 1. The number of para-hydroxylation sites is 1. The topological polar surface area (TPSA) is 80.9 Å². The molecule has 0 saturated carbocycles. The smallest absolute Gasteiger partial charge is 0.387 e. The maximum atomic E-state index is 12.8. The minimum atomic E-state index is -2.95. The van der Waals surface area contributed by atoms with E-state index in [1.165, 1.54) is 6.26 Å². The Balaban J connectivity index is 0.00000364. The minimum Gasteiger partial charge on any atom is -0.490 e. The maximum Gasteiger partial charge on any atom is 0.387 e. The highest BCUT2D eigenvalue weighted by atomic mass is 127. The molecule has 1 aromatic heterocycles. The summed E-state index contributed by atoms with van der Waals surface area (Å²) < 4.78 is 40.3. The van der Waals surface area contributed by atoms with Gasteiger partial charge in [0.25, 0.3) is 0 Å². The molecule has 0 unspecified atom stereocenters. The fourth-order valence-corrected chi connectivity index (χ4v) is 2.19. The van der Waals surface area contributed by atoms with E-state index in [1.54, 1.807) is 31.2 Å². The van der Waals surface area contributed by atoms with Crippen molar-refractivity contribution in [2.75, 3.05) is 13.2 Å². The van der Waals surface area contributed by atoms with Gasteiger partial charge in [0.05, 0.1) is 19.7 Å². The van der Waals surface area contributed by atoms with Crippen molar-refractivity contribution in [2.45, 2.75) is 33.5 Å². The second-order valence-corrected chi connectivity index (χ2v) is 5.10. The molecule has 0 aliphatic heterocycles. The molecule has 0 bridgehead atoms. The van der Waals surface area contributed by atoms with Gasteiger partial charge in [0.2, 0.25) is 0 Å². The van der Waals surface area contributed by atoms with Crippen LogP contribution in [0.15, 0.2) is 40.0 Å². The van der Waals surface area contributed by atoms with Crippen LogP contribution in [0.1, 0.15) is 25.1 Å². The second-order valence-electron chi connectivity index (χ2n) is 5.10. The molecule has 0 atom stereocenters. The average molecular weight is 496 g/mol. The van der Waals surface area contributed by atoms with Crippen molar-refractivity contribution in [3.05, 3.63) is 41.8 Å². The third-order valence-corrected chi connectivity index (χ3v) is 3.25. The first-order valence-electron chi connectivity index (χ1n) is 8.25. The lowest BCUT2D eigenvalue weighted by Crippen LogP contribution is -2.36. The van der Waals surface area contributed by atoms with Crippen molar-refractivity contribution in [2.24, 2.45) is 4.99 Å². The molecule has 150 valence electrons. The highest BCUT2D eigenvalue weighted by molar-refractivity contribution is 14.0. The van der Waals surface area contributed by atoms with Crippen LogP contribution in [0.3, 0.4) is 0 Å². The molecule has 0 saturated heterocycles. The monoisotopic (exact) mass is 496 g/mol. The fourth-order valence-electron chi connectivity index (χ4n) is 2.19. The van der Waals surface area contributed by atoms with Crippen molar-refractivity contribution in [3.8, 4) is 11.5 Å². The van der Waals surface area contributed by atoms with Gasteiger partial charge < -0.3 is 24.6 Å². The molecule has 1 heterocycles. The number of alkyl halides is 2. The van der Waals surface area contributed by atoms with Crippen LogP contribution in [-0.4, -0.2) is 30.9 Å². The minimum absolute atomic E-state index is 0. The van der Waals surface area contributed by atoms with E-state index in [-0.39, 0.29) is 42.0 Å². The number of halogens is 3. The molecule has 10 heteroatoms. The van der Waals surface area contributed by atoms with Crippen LogP contribution in [0.2, 0.25) is 0 Å². The lowest BCUT2D eigenvalue weighted by atomic mass is 10.2. The van der Waals surface area contributed by atoms with Gasteiger partial charge in [0.15, 0.2) is 17.5 Å². The predicted molar refractivity (Wildman–Crippen MR) is 108 cm³/mol. The largest absolute Gasteiger partial charge is 0.490 e. The number of nitrogens with zero attached hydrogens (tertiary/aromatic N) is 2. The van der Waals surface area contributed by atoms with Crippen molar-refractivity contribution in [1.29, 1.82) is 0 Å². The standard InChI is InChI=1S/C17H22F2N4O3.HI/c1-3-20-17(22-11-13-8-9-25-23-13)21-10-12-6-5-7-14(24-4-2)15(12)26-16(18)19;/h5-9,16H,3-4,10-11H2,1-2H3,(H2,20,21,22);1H. The lowest BCUT2D eigenvalue weighted by Gasteiger charge is -2.15.